The quantitative estimate of drug-likeness (QED) is 0.406. The van der Waals surface area contributed by atoms with Crippen molar-refractivity contribution < 1.29 is 31.1 Å². The van der Waals surface area contributed by atoms with E-state index in [1.807, 2.05) is 0 Å². The van der Waals surface area contributed by atoms with Crippen LogP contribution in [0.5, 0.6) is 5.75 Å². The smallest absolute Gasteiger partial charge is 0.420 e. The van der Waals surface area contributed by atoms with Gasteiger partial charge in [-0.2, -0.15) is 26.3 Å². The Morgan fingerprint density at radius 1 is 0.875 bits per heavy atom. The number of benzene rings is 1. The molecule has 1 aromatic carbocycles. The third kappa shape index (κ3) is 5.38. The van der Waals surface area contributed by atoms with Gasteiger partial charge in [-0.1, -0.05) is 25.8 Å². The number of hydrogen-bond donors (Lipinski definition) is 0. The second kappa shape index (κ2) is 9.71. The second-order valence-corrected chi connectivity index (χ2v) is 8.27. The SMILES string of the molecule is CCCC1CCC(c2ccc(-c3ccc(OCC)c(C(F)(F)F)c3C(F)(F)F)nc2)CC1. The van der Waals surface area contributed by atoms with Crippen molar-refractivity contribution >= 4 is 0 Å². The number of hydrogen-bond acceptors (Lipinski definition) is 2. The summed E-state index contributed by atoms with van der Waals surface area (Å²) in [4.78, 5) is 4.14. The van der Waals surface area contributed by atoms with E-state index in [1.54, 1.807) is 6.07 Å². The third-order valence-electron chi connectivity index (χ3n) is 6.11. The summed E-state index contributed by atoms with van der Waals surface area (Å²) in [5.41, 5.74) is -3.42. The van der Waals surface area contributed by atoms with Crippen LogP contribution in [0.15, 0.2) is 30.5 Å². The normalized spacial score (nSPS) is 19.8. The zero-order valence-electron chi connectivity index (χ0n) is 18.1. The van der Waals surface area contributed by atoms with Gasteiger partial charge in [0.2, 0.25) is 0 Å². The third-order valence-corrected chi connectivity index (χ3v) is 6.11. The lowest BCUT2D eigenvalue weighted by Crippen LogP contribution is -2.20. The number of halogens is 6. The van der Waals surface area contributed by atoms with Crippen LogP contribution >= 0.6 is 0 Å². The molecule has 1 aliphatic rings. The zero-order valence-corrected chi connectivity index (χ0v) is 18.1. The highest BCUT2D eigenvalue weighted by Gasteiger charge is 2.47. The first-order valence-corrected chi connectivity index (χ1v) is 11.0. The maximum absolute atomic E-state index is 13.8. The minimum Gasteiger partial charge on any atom is -0.493 e. The molecule has 1 aromatic heterocycles. The molecule has 1 saturated carbocycles. The summed E-state index contributed by atoms with van der Waals surface area (Å²) in [5, 5.41) is 0. The minimum atomic E-state index is -5.23. The Balaban J connectivity index is 1.97. The molecule has 1 fully saturated rings. The highest BCUT2D eigenvalue weighted by Crippen LogP contribution is 2.49. The van der Waals surface area contributed by atoms with Gasteiger partial charge in [-0.05, 0) is 68.2 Å². The van der Waals surface area contributed by atoms with Crippen LogP contribution in [0.1, 0.15) is 75.0 Å². The summed E-state index contributed by atoms with van der Waals surface area (Å²) in [6.07, 6.45) is -2.43. The van der Waals surface area contributed by atoms with E-state index in [4.69, 9.17) is 4.74 Å². The summed E-state index contributed by atoms with van der Waals surface area (Å²) >= 11 is 0. The van der Waals surface area contributed by atoms with Crippen LogP contribution in [0.4, 0.5) is 26.3 Å². The van der Waals surface area contributed by atoms with Gasteiger partial charge in [0.1, 0.15) is 11.3 Å². The molecule has 176 valence electrons. The van der Waals surface area contributed by atoms with Gasteiger partial charge < -0.3 is 4.74 Å². The van der Waals surface area contributed by atoms with Crippen molar-refractivity contribution in [1.29, 1.82) is 0 Å². The van der Waals surface area contributed by atoms with Crippen molar-refractivity contribution in [3.05, 3.63) is 47.2 Å². The molecule has 0 spiro atoms. The number of pyridine rings is 1. The highest BCUT2D eigenvalue weighted by atomic mass is 19.4. The fourth-order valence-electron chi connectivity index (χ4n) is 4.65. The lowest BCUT2D eigenvalue weighted by Gasteiger charge is -2.28. The topological polar surface area (TPSA) is 22.1 Å². The fraction of sp³-hybridized carbons (Fsp3) is 0.542. The minimum absolute atomic E-state index is 0.144. The average molecular weight is 459 g/mol. The predicted molar refractivity (Wildman–Crippen MR) is 110 cm³/mol. The highest BCUT2D eigenvalue weighted by molar-refractivity contribution is 5.69. The van der Waals surface area contributed by atoms with Crippen molar-refractivity contribution in [1.82, 2.24) is 4.98 Å². The molecule has 0 amide bonds. The Kier molecular flexibility index (Phi) is 7.40. The Morgan fingerprint density at radius 3 is 2.03 bits per heavy atom. The number of aromatic nitrogens is 1. The van der Waals surface area contributed by atoms with E-state index in [9.17, 15) is 26.3 Å². The fourth-order valence-corrected chi connectivity index (χ4v) is 4.65. The molecule has 1 heterocycles. The lowest BCUT2D eigenvalue weighted by molar-refractivity contribution is -0.162. The molecule has 32 heavy (non-hydrogen) atoms. The standard InChI is InChI=1S/C24H27F6NO/c1-3-5-15-6-8-16(9-7-15)17-10-12-19(31-14-17)18-11-13-20(32-4-2)22(24(28,29)30)21(18)23(25,26)27/h10-16H,3-9H2,1-2H3. The first-order valence-electron chi connectivity index (χ1n) is 11.0. The molecule has 0 aliphatic heterocycles. The Labute approximate surface area is 184 Å². The molecule has 8 heteroatoms. The zero-order chi connectivity index (χ0) is 23.5. The molecule has 0 atom stereocenters. The first kappa shape index (κ1) is 24.4. The summed E-state index contributed by atoms with van der Waals surface area (Å²) in [5.74, 6) is 0.150. The monoisotopic (exact) mass is 459 g/mol. The molecular weight excluding hydrogens is 432 g/mol. The van der Waals surface area contributed by atoms with Crippen molar-refractivity contribution in [3.8, 4) is 17.0 Å². The Morgan fingerprint density at radius 2 is 1.53 bits per heavy atom. The van der Waals surface area contributed by atoms with E-state index >= 15 is 0 Å². The maximum atomic E-state index is 13.8. The van der Waals surface area contributed by atoms with Gasteiger partial charge in [0.05, 0.1) is 17.9 Å². The number of nitrogens with zero attached hydrogens (tertiary/aromatic N) is 1. The van der Waals surface area contributed by atoms with E-state index in [0.29, 0.717) is 5.92 Å². The van der Waals surface area contributed by atoms with Crippen LogP contribution in [0, 0.1) is 5.92 Å². The lowest BCUT2D eigenvalue weighted by atomic mass is 9.77. The van der Waals surface area contributed by atoms with Gasteiger partial charge in [0.15, 0.2) is 0 Å². The van der Waals surface area contributed by atoms with Crippen molar-refractivity contribution in [3.63, 3.8) is 0 Å². The van der Waals surface area contributed by atoms with Crippen molar-refractivity contribution in [2.75, 3.05) is 6.61 Å². The largest absolute Gasteiger partial charge is 0.493 e. The Hall–Kier alpha value is -2.25. The molecule has 1 aliphatic carbocycles. The van der Waals surface area contributed by atoms with Gasteiger partial charge in [0.25, 0.3) is 0 Å². The molecule has 0 N–H and O–H groups in total. The van der Waals surface area contributed by atoms with E-state index in [1.165, 1.54) is 25.6 Å². The van der Waals surface area contributed by atoms with E-state index < -0.39 is 34.8 Å². The van der Waals surface area contributed by atoms with E-state index in [2.05, 4.69) is 11.9 Å². The number of alkyl halides is 6. The van der Waals surface area contributed by atoms with Gasteiger partial charge in [-0.3, -0.25) is 4.98 Å². The van der Waals surface area contributed by atoms with Crippen LogP contribution in [-0.4, -0.2) is 11.6 Å². The Bertz CT molecular complexity index is 896. The molecule has 0 radical (unpaired) electrons. The van der Waals surface area contributed by atoms with Gasteiger partial charge in [0, 0.05) is 11.8 Å². The van der Waals surface area contributed by atoms with E-state index in [0.717, 1.165) is 49.8 Å². The van der Waals surface area contributed by atoms with Gasteiger partial charge in [-0.25, -0.2) is 0 Å². The molecule has 0 bridgehead atoms. The summed E-state index contributed by atoms with van der Waals surface area (Å²) in [6, 6.07) is 5.01. The molecule has 2 nitrogen and oxygen atoms in total. The van der Waals surface area contributed by atoms with Crippen LogP contribution < -0.4 is 4.74 Å². The number of ether oxygens (including phenoxy) is 1. The predicted octanol–water partition coefficient (Wildman–Crippen LogP) is 8.26. The summed E-state index contributed by atoms with van der Waals surface area (Å²) < 4.78 is 87.3. The molecular formula is C24H27F6NO. The molecule has 2 aromatic rings. The van der Waals surface area contributed by atoms with Crippen LogP contribution in [-0.2, 0) is 12.4 Å². The summed E-state index contributed by atoms with van der Waals surface area (Å²) in [7, 11) is 0. The molecule has 0 unspecified atom stereocenters. The van der Waals surface area contributed by atoms with Crippen LogP contribution in [0.3, 0.4) is 0 Å². The second-order valence-electron chi connectivity index (χ2n) is 8.27. The summed E-state index contributed by atoms with van der Waals surface area (Å²) in [6.45, 7) is 3.39. The van der Waals surface area contributed by atoms with Gasteiger partial charge >= 0.3 is 12.4 Å². The number of rotatable bonds is 6. The maximum Gasteiger partial charge on any atom is 0.420 e. The molecule has 0 saturated heterocycles. The van der Waals surface area contributed by atoms with Crippen molar-refractivity contribution in [2.45, 2.75) is 70.6 Å². The van der Waals surface area contributed by atoms with Crippen molar-refractivity contribution in [2.24, 2.45) is 5.92 Å². The molecule has 3 rings (SSSR count). The van der Waals surface area contributed by atoms with E-state index in [-0.39, 0.29) is 18.2 Å². The van der Waals surface area contributed by atoms with Gasteiger partial charge in [-0.15, -0.1) is 0 Å². The van der Waals surface area contributed by atoms with Crippen LogP contribution in [0.25, 0.3) is 11.3 Å². The van der Waals surface area contributed by atoms with Crippen LogP contribution in [0.2, 0.25) is 0 Å². The first-order chi connectivity index (χ1) is 15.1. The average Bonchev–Trinajstić information content (AvgIpc) is 2.73.